The summed E-state index contributed by atoms with van der Waals surface area (Å²) < 4.78 is 10.5. The molecule has 2 atom stereocenters. The van der Waals surface area contributed by atoms with Crippen molar-refractivity contribution in [2.24, 2.45) is 11.8 Å². The number of methoxy groups -OCH3 is 2. The second kappa shape index (κ2) is 9.40. The minimum absolute atomic E-state index is 0.183. The molecule has 1 aromatic rings. The number of carboxylic acid groups (broad SMARTS) is 1. The summed E-state index contributed by atoms with van der Waals surface area (Å²) in [5.41, 5.74) is 1.12. The van der Waals surface area contributed by atoms with Crippen LogP contribution in [0.1, 0.15) is 32.8 Å². The van der Waals surface area contributed by atoms with Gasteiger partial charge >= 0.3 is 5.97 Å². The standard InChI is InChI=1S/C18H29NO4/c1-12(2)8-15(18(20)21)11-19-13(3)9-14-6-7-16(22-4)17(10-14)23-5/h6-7,10,12-13,15,19H,8-9,11H2,1-5H3,(H,20,21). The van der Waals surface area contributed by atoms with Gasteiger partial charge in [0.2, 0.25) is 0 Å². The molecule has 0 bridgehead atoms. The van der Waals surface area contributed by atoms with Crippen molar-refractivity contribution in [1.29, 1.82) is 0 Å². The minimum Gasteiger partial charge on any atom is -0.493 e. The number of aliphatic carboxylic acids is 1. The number of nitrogens with one attached hydrogen (secondary N) is 1. The number of rotatable bonds is 10. The van der Waals surface area contributed by atoms with Gasteiger partial charge in [-0.2, -0.15) is 0 Å². The van der Waals surface area contributed by atoms with E-state index < -0.39 is 5.97 Å². The molecule has 130 valence electrons. The summed E-state index contributed by atoms with van der Waals surface area (Å²) in [6, 6.07) is 6.03. The molecule has 0 fully saturated rings. The maximum Gasteiger partial charge on any atom is 0.307 e. The highest BCUT2D eigenvalue weighted by atomic mass is 16.5. The Bertz CT molecular complexity index is 502. The van der Waals surface area contributed by atoms with Crippen molar-refractivity contribution in [3.63, 3.8) is 0 Å². The van der Waals surface area contributed by atoms with E-state index in [4.69, 9.17) is 9.47 Å². The monoisotopic (exact) mass is 323 g/mol. The van der Waals surface area contributed by atoms with Gasteiger partial charge < -0.3 is 19.9 Å². The second-order valence-corrected chi connectivity index (χ2v) is 6.37. The van der Waals surface area contributed by atoms with Crippen LogP contribution < -0.4 is 14.8 Å². The number of carbonyl (C=O) groups is 1. The molecule has 0 saturated heterocycles. The van der Waals surface area contributed by atoms with E-state index in [1.807, 2.05) is 32.0 Å². The Hall–Kier alpha value is -1.75. The summed E-state index contributed by atoms with van der Waals surface area (Å²) in [5, 5.41) is 12.6. The molecule has 2 N–H and O–H groups in total. The molecule has 0 aliphatic carbocycles. The van der Waals surface area contributed by atoms with Crippen LogP contribution in [-0.4, -0.2) is 37.9 Å². The van der Waals surface area contributed by atoms with Crippen molar-refractivity contribution in [2.75, 3.05) is 20.8 Å². The van der Waals surface area contributed by atoms with Gasteiger partial charge in [0.15, 0.2) is 11.5 Å². The lowest BCUT2D eigenvalue weighted by atomic mass is 9.96. The first-order valence-corrected chi connectivity index (χ1v) is 8.04. The summed E-state index contributed by atoms with van der Waals surface area (Å²) >= 11 is 0. The topological polar surface area (TPSA) is 67.8 Å². The van der Waals surface area contributed by atoms with E-state index in [1.165, 1.54) is 0 Å². The number of ether oxygens (including phenoxy) is 2. The van der Waals surface area contributed by atoms with Crippen LogP contribution in [0.2, 0.25) is 0 Å². The van der Waals surface area contributed by atoms with E-state index in [9.17, 15) is 9.90 Å². The molecule has 2 unspecified atom stereocenters. The molecule has 23 heavy (non-hydrogen) atoms. The van der Waals surface area contributed by atoms with Crippen molar-refractivity contribution < 1.29 is 19.4 Å². The summed E-state index contributed by atoms with van der Waals surface area (Å²) in [4.78, 5) is 11.3. The fraction of sp³-hybridized carbons (Fsp3) is 0.611. The SMILES string of the molecule is COc1ccc(CC(C)NCC(CC(C)C)C(=O)O)cc1OC. The maximum absolute atomic E-state index is 11.3. The molecular weight excluding hydrogens is 294 g/mol. The Morgan fingerprint density at radius 2 is 1.83 bits per heavy atom. The van der Waals surface area contributed by atoms with Gasteiger partial charge in [-0.3, -0.25) is 4.79 Å². The highest BCUT2D eigenvalue weighted by Crippen LogP contribution is 2.28. The first-order valence-electron chi connectivity index (χ1n) is 8.04. The van der Waals surface area contributed by atoms with E-state index in [0.717, 1.165) is 12.0 Å². The molecule has 1 aromatic carbocycles. The molecule has 0 heterocycles. The third-order valence-corrected chi connectivity index (χ3v) is 3.81. The molecule has 0 radical (unpaired) electrons. The number of benzene rings is 1. The quantitative estimate of drug-likeness (QED) is 0.693. The predicted octanol–water partition coefficient (Wildman–Crippen LogP) is 2.97. The Kier molecular flexibility index (Phi) is 7.89. The summed E-state index contributed by atoms with van der Waals surface area (Å²) in [7, 11) is 3.23. The number of hydrogen-bond donors (Lipinski definition) is 2. The molecule has 0 spiro atoms. The largest absolute Gasteiger partial charge is 0.493 e. The first-order chi connectivity index (χ1) is 10.9. The van der Waals surface area contributed by atoms with Gasteiger partial charge in [0.25, 0.3) is 0 Å². The fourth-order valence-corrected chi connectivity index (χ4v) is 2.62. The zero-order chi connectivity index (χ0) is 17.4. The average molecular weight is 323 g/mol. The maximum atomic E-state index is 11.3. The van der Waals surface area contributed by atoms with Gasteiger partial charge in [-0.25, -0.2) is 0 Å². The lowest BCUT2D eigenvalue weighted by Gasteiger charge is -2.20. The molecule has 5 heteroatoms. The van der Waals surface area contributed by atoms with E-state index in [1.54, 1.807) is 14.2 Å². The van der Waals surface area contributed by atoms with Crippen molar-refractivity contribution in [2.45, 2.75) is 39.7 Å². The normalized spacial score (nSPS) is 13.7. The van der Waals surface area contributed by atoms with Crippen LogP contribution >= 0.6 is 0 Å². The Balaban J connectivity index is 2.59. The van der Waals surface area contributed by atoms with Crippen LogP contribution in [0.3, 0.4) is 0 Å². The predicted molar refractivity (Wildman–Crippen MR) is 91.3 cm³/mol. The molecule has 0 amide bonds. The van der Waals surface area contributed by atoms with E-state index >= 15 is 0 Å². The van der Waals surface area contributed by atoms with E-state index in [0.29, 0.717) is 30.4 Å². The molecule has 0 aliphatic rings. The third kappa shape index (κ3) is 6.48. The van der Waals surface area contributed by atoms with E-state index in [-0.39, 0.29) is 12.0 Å². The van der Waals surface area contributed by atoms with Crippen LogP contribution in [-0.2, 0) is 11.2 Å². The summed E-state index contributed by atoms with van der Waals surface area (Å²) in [6.07, 6.45) is 1.49. The molecule has 5 nitrogen and oxygen atoms in total. The van der Waals surface area contributed by atoms with Gasteiger partial charge in [-0.05, 0) is 43.4 Å². The van der Waals surface area contributed by atoms with Crippen molar-refractivity contribution >= 4 is 5.97 Å². The first kappa shape index (κ1) is 19.3. The van der Waals surface area contributed by atoms with Gasteiger partial charge in [0, 0.05) is 12.6 Å². The highest BCUT2D eigenvalue weighted by Gasteiger charge is 2.19. The smallest absolute Gasteiger partial charge is 0.307 e. The zero-order valence-electron chi connectivity index (χ0n) is 14.8. The number of carboxylic acids is 1. The summed E-state index contributed by atoms with van der Waals surface area (Å²) in [5.74, 6) is 0.714. The van der Waals surface area contributed by atoms with E-state index in [2.05, 4.69) is 12.2 Å². The molecule has 0 aliphatic heterocycles. The average Bonchev–Trinajstić information content (AvgIpc) is 2.50. The minimum atomic E-state index is -0.732. The van der Waals surface area contributed by atoms with Crippen LogP contribution in [0, 0.1) is 11.8 Å². The lowest BCUT2D eigenvalue weighted by molar-refractivity contribution is -0.142. The van der Waals surface area contributed by atoms with Crippen LogP contribution in [0.4, 0.5) is 0 Å². The van der Waals surface area contributed by atoms with Crippen LogP contribution in [0.5, 0.6) is 11.5 Å². The third-order valence-electron chi connectivity index (χ3n) is 3.81. The Morgan fingerprint density at radius 3 is 2.35 bits per heavy atom. The zero-order valence-corrected chi connectivity index (χ0v) is 14.8. The fourth-order valence-electron chi connectivity index (χ4n) is 2.62. The summed E-state index contributed by atoms with van der Waals surface area (Å²) in [6.45, 7) is 6.64. The Morgan fingerprint density at radius 1 is 1.17 bits per heavy atom. The Labute approximate surface area is 139 Å². The molecular formula is C18H29NO4. The van der Waals surface area contributed by atoms with Gasteiger partial charge in [-0.1, -0.05) is 19.9 Å². The molecule has 0 aromatic heterocycles. The molecule has 0 saturated carbocycles. The van der Waals surface area contributed by atoms with Crippen molar-refractivity contribution in [1.82, 2.24) is 5.32 Å². The van der Waals surface area contributed by atoms with Gasteiger partial charge in [-0.15, -0.1) is 0 Å². The lowest BCUT2D eigenvalue weighted by Crippen LogP contribution is -2.36. The van der Waals surface area contributed by atoms with Gasteiger partial charge in [0.1, 0.15) is 0 Å². The van der Waals surface area contributed by atoms with Gasteiger partial charge in [0.05, 0.1) is 20.1 Å². The molecule has 1 rings (SSSR count). The van der Waals surface area contributed by atoms with Crippen LogP contribution in [0.15, 0.2) is 18.2 Å². The van der Waals surface area contributed by atoms with Crippen LogP contribution in [0.25, 0.3) is 0 Å². The van der Waals surface area contributed by atoms with Crippen molar-refractivity contribution in [3.05, 3.63) is 23.8 Å². The number of hydrogen-bond acceptors (Lipinski definition) is 4. The van der Waals surface area contributed by atoms with Crippen molar-refractivity contribution in [3.8, 4) is 11.5 Å². The highest BCUT2D eigenvalue weighted by molar-refractivity contribution is 5.70. The second-order valence-electron chi connectivity index (χ2n) is 6.37.